The van der Waals surface area contributed by atoms with Crippen LogP contribution < -0.4 is 5.73 Å². The van der Waals surface area contributed by atoms with Crippen LogP contribution in [0.2, 0.25) is 0 Å². The molecule has 0 aromatic heterocycles. The Labute approximate surface area is 125 Å². The zero-order valence-electron chi connectivity index (χ0n) is 11.7. The van der Waals surface area contributed by atoms with E-state index in [0.29, 0.717) is 6.42 Å². The van der Waals surface area contributed by atoms with Gasteiger partial charge in [-0.3, -0.25) is 9.13 Å². The summed E-state index contributed by atoms with van der Waals surface area (Å²) in [6.07, 6.45) is 0.415. The molecule has 0 aliphatic rings. The third-order valence-electron chi connectivity index (χ3n) is 2.29. The smallest absolute Gasteiger partial charge is 0.429 e. The van der Waals surface area contributed by atoms with Crippen LogP contribution in [0.3, 0.4) is 0 Å². The molecule has 3 unspecified atom stereocenters. The van der Waals surface area contributed by atoms with E-state index in [0.717, 1.165) is 12.0 Å². The van der Waals surface area contributed by atoms with E-state index < -0.39 is 28.7 Å². The van der Waals surface area contributed by atoms with Crippen LogP contribution in [-0.2, 0) is 25.0 Å². The fourth-order valence-electron chi connectivity index (χ4n) is 1.33. The number of nitrogens with two attached hydrogens (primary N) is 1. The van der Waals surface area contributed by atoms with Gasteiger partial charge in [-0.05, 0) is 12.0 Å². The maximum absolute atomic E-state index is 11.5. The lowest BCUT2D eigenvalue weighted by molar-refractivity contribution is 0.0951. The molecule has 7 nitrogen and oxygen atoms in total. The third-order valence-corrected chi connectivity index (χ3v) is 3.55. The summed E-state index contributed by atoms with van der Waals surface area (Å²) in [6.45, 7) is 2.01. The van der Waals surface area contributed by atoms with Gasteiger partial charge >= 0.3 is 6.16 Å². The topological polar surface area (TPSA) is 116 Å². The molecule has 0 heterocycles. The number of carbonyl (C=O) groups excluding carboxylic acids is 1. The van der Waals surface area contributed by atoms with Crippen LogP contribution >= 0.6 is 16.7 Å². The maximum atomic E-state index is 11.5. The van der Waals surface area contributed by atoms with Gasteiger partial charge in [0.15, 0.2) is 8.69 Å². The summed E-state index contributed by atoms with van der Waals surface area (Å²) >= 11 is 0. The number of ether oxygens (including phenoxy) is 1. The molecule has 21 heavy (non-hydrogen) atoms. The summed E-state index contributed by atoms with van der Waals surface area (Å²) in [7, 11) is -4.08. The molecule has 0 radical (unpaired) electrons. The standard InChI is InChI=1S/C12H18NO4P.H3O2P/c1-2-6-11(13)18(15)17-12(14)16-9-10-7-4-3-5-8-10;1-3-2/h3-5,7-8,11,18H,2,6,9,13H2,1H3;3H2,(H,1,2). The second-order valence-electron chi connectivity index (χ2n) is 3.95. The molecule has 9 heteroatoms. The van der Waals surface area contributed by atoms with Crippen molar-refractivity contribution >= 4 is 22.9 Å². The molecule has 0 spiro atoms. The Hall–Kier alpha value is -1.13. The molecule has 0 aliphatic carbocycles. The van der Waals surface area contributed by atoms with E-state index >= 15 is 0 Å². The van der Waals surface area contributed by atoms with Gasteiger partial charge in [0.25, 0.3) is 8.03 Å². The van der Waals surface area contributed by atoms with E-state index in [2.05, 4.69) is 4.52 Å². The molecular weight excluding hydrogens is 316 g/mol. The van der Waals surface area contributed by atoms with Gasteiger partial charge in [0, 0.05) is 0 Å². The highest BCUT2D eigenvalue weighted by molar-refractivity contribution is 7.40. The minimum atomic E-state index is -2.58. The molecule has 0 amide bonds. The number of hydrogen-bond donors (Lipinski definition) is 2. The Balaban J connectivity index is 0.00000122. The minimum Gasteiger partial charge on any atom is -0.429 e. The van der Waals surface area contributed by atoms with Crippen molar-refractivity contribution in [3.63, 3.8) is 0 Å². The first-order valence-electron chi connectivity index (χ1n) is 6.30. The molecule has 1 aromatic rings. The Morgan fingerprint density at radius 3 is 2.52 bits per heavy atom. The SMILES string of the molecule is CCCC(N)[PH](=O)OC(=O)OCc1ccccc1.O=[PH2]O. The molecule has 1 aromatic carbocycles. The number of carbonyl (C=O) groups is 1. The average Bonchev–Trinajstić information content (AvgIpc) is 2.47. The molecule has 0 aliphatic heterocycles. The molecule has 1 rings (SSSR count). The lowest BCUT2D eigenvalue weighted by atomic mass is 10.2. The van der Waals surface area contributed by atoms with Crippen molar-refractivity contribution < 1.29 is 28.1 Å². The van der Waals surface area contributed by atoms with Gasteiger partial charge in [0.2, 0.25) is 0 Å². The average molecular weight is 337 g/mol. The maximum Gasteiger partial charge on any atom is 0.513 e. The van der Waals surface area contributed by atoms with Crippen LogP contribution in [0.25, 0.3) is 0 Å². The summed E-state index contributed by atoms with van der Waals surface area (Å²) in [6, 6.07) is 9.18. The van der Waals surface area contributed by atoms with Crippen molar-refractivity contribution in [2.24, 2.45) is 5.73 Å². The lowest BCUT2D eigenvalue weighted by Gasteiger charge is -2.10. The predicted octanol–water partition coefficient (Wildman–Crippen LogP) is 2.55. The van der Waals surface area contributed by atoms with Crippen molar-refractivity contribution in [2.75, 3.05) is 0 Å². The Morgan fingerprint density at radius 1 is 1.43 bits per heavy atom. The fourth-order valence-corrected chi connectivity index (χ4v) is 2.23. The highest BCUT2D eigenvalue weighted by Gasteiger charge is 2.16. The predicted molar refractivity (Wildman–Crippen MR) is 82.2 cm³/mol. The van der Waals surface area contributed by atoms with Crippen LogP contribution in [0.15, 0.2) is 30.3 Å². The third kappa shape index (κ3) is 10.3. The van der Waals surface area contributed by atoms with Gasteiger partial charge in [0.05, 0.1) is 5.78 Å². The number of rotatable bonds is 6. The Morgan fingerprint density at radius 2 is 2.00 bits per heavy atom. The first-order valence-corrected chi connectivity index (χ1v) is 8.69. The highest BCUT2D eigenvalue weighted by Crippen LogP contribution is 2.29. The van der Waals surface area contributed by atoms with Gasteiger partial charge in [-0.1, -0.05) is 43.7 Å². The van der Waals surface area contributed by atoms with E-state index in [1.54, 1.807) is 0 Å². The second-order valence-corrected chi connectivity index (χ2v) is 5.74. The normalized spacial score (nSPS) is 13.1. The molecule has 0 bridgehead atoms. The number of benzene rings is 1. The van der Waals surface area contributed by atoms with Crippen LogP contribution in [0, 0.1) is 0 Å². The van der Waals surface area contributed by atoms with Gasteiger partial charge in [-0.2, -0.15) is 0 Å². The first kappa shape index (κ1) is 19.9. The van der Waals surface area contributed by atoms with Crippen molar-refractivity contribution in [1.29, 1.82) is 0 Å². The quantitative estimate of drug-likeness (QED) is 0.605. The largest absolute Gasteiger partial charge is 0.513 e. The fraction of sp³-hybridized carbons (Fsp3) is 0.417. The molecule has 3 N–H and O–H groups in total. The highest BCUT2D eigenvalue weighted by atomic mass is 31.1. The van der Waals surface area contributed by atoms with E-state index in [1.165, 1.54) is 0 Å². The minimum absolute atomic E-state index is 0.0951. The molecule has 120 valence electrons. The second kappa shape index (κ2) is 12.6. The van der Waals surface area contributed by atoms with Crippen LogP contribution in [0.1, 0.15) is 25.3 Å². The van der Waals surface area contributed by atoms with Crippen LogP contribution in [0.4, 0.5) is 4.79 Å². The summed E-state index contributed by atoms with van der Waals surface area (Å²) in [4.78, 5) is 18.4. The molecule has 3 atom stereocenters. The summed E-state index contributed by atoms with van der Waals surface area (Å²) < 4.78 is 29.5. The van der Waals surface area contributed by atoms with Gasteiger partial charge in [-0.25, -0.2) is 4.79 Å². The van der Waals surface area contributed by atoms with Gasteiger partial charge in [-0.15, -0.1) is 0 Å². The van der Waals surface area contributed by atoms with Gasteiger partial charge in [0.1, 0.15) is 6.61 Å². The molecule has 0 fully saturated rings. The summed E-state index contributed by atoms with van der Waals surface area (Å²) in [5.41, 5.74) is 6.42. The summed E-state index contributed by atoms with van der Waals surface area (Å²) in [5.74, 6) is -0.593. The van der Waals surface area contributed by atoms with Gasteiger partial charge < -0.3 is 19.9 Å². The molecule has 0 saturated carbocycles. The van der Waals surface area contributed by atoms with Crippen LogP contribution in [0.5, 0.6) is 0 Å². The van der Waals surface area contributed by atoms with Crippen molar-refractivity contribution in [3.8, 4) is 0 Å². The first-order chi connectivity index (χ1) is 10.0. The Bertz CT molecular complexity index is 443. The van der Waals surface area contributed by atoms with E-state index in [-0.39, 0.29) is 6.61 Å². The zero-order chi connectivity index (χ0) is 16.1. The van der Waals surface area contributed by atoms with Crippen molar-refractivity contribution in [1.82, 2.24) is 0 Å². The zero-order valence-corrected chi connectivity index (χ0v) is 13.9. The lowest BCUT2D eigenvalue weighted by Crippen LogP contribution is -2.17. The monoisotopic (exact) mass is 337 g/mol. The Kier molecular flexibility index (Phi) is 11.9. The summed E-state index contributed by atoms with van der Waals surface area (Å²) in [5, 5.41) is 0. The van der Waals surface area contributed by atoms with E-state index in [4.69, 9.17) is 19.9 Å². The molecule has 0 saturated heterocycles. The van der Waals surface area contributed by atoms with E-state index in [9.17, 15) is 9.36 Å². The number of hydrogen-bond acceptors (Lipinski definition) is 6. The molecular formula is C12H21NO6P2. The van der Waals surface area contributed by atoms with E-state index in [1.807, 2.05) is 37.3 Å². The van der Waals surface area contributed by atoms with Crippen LogP contribution in [-0.4, -0.2) is 16.8 Å². The van der Waals surface area contributed by atoms with Crippen molar-refractivity contribution in [2.45, 2.75) is 32.2 Å². The van der Waals surface area contributed by atoms with Crippen molar-refractivity contribution in [3.05, 3.63) is 35.9 Å².